The standard InChI is InChI=1S/C33H39N3O2/c1-4-24-19-25(10-8-21(24)2)26-11-12-29(28-7-5-6-27(26)28)30-20-34-33(35-30)31-13-9-22(3)36(31)32(37)18-23-14-16-38-17-15-23/h4,8,10-12,19-20,22-23,31H,1,5-7,9,13-18H2,2-3H3,(H,34,35). The Bertz CT molecular complexity index is 1350. The molecule has 2 saturated heterocycles. The Balaban J connectivity index is 1.27. The average molecular weight is 510 g/mol. The molecule has 1 amide bonds. The first kappa shape index (κ1) is 25.1. The minimum atomic E-state index is 0.0308. The normalized spacial score (nSPS) is 21.6. The second-order valence-corrected chi connectivity index (χ2v) is 11.4. The zero-order chi connectivity index (χ0) is 26.2. The zero-order valence-corrected chi connectivity index (χ0v) is 22.8. The molecule has 3 heterocycles. The number of rotatable bonds is 6. The van der Waals surface area contributed by atoms with Crippen LogP contribution in [-0.4, -0.2) is 40.0 Å². The van der Waals surface area contributed by atoms with Crippen molar-refractivity contribution in [2.45, 2.75) is 77.3 Å². The van der Waals surface area contributed by atoms with E-state index < -0.39 is 0 Å². The molecule has 38 heavy (non-hydrogen) atoms. The van der Waals surface area contributed by atoms with Crippen LogP contribution in [0.25, 0.3) is 28.5 Å². The molecule has 5 nitrogen and oxygen atoms in total. The minimum absolute atomic E-state index is 0.0308. The van der Waals surface area contributed by atoms with Crippen LogP contribution in [0.4, 0.5) is 0 Å². The SMILES string of the molecule is C=Cc1cc(-c2ccc(-c3cnc(C4CCC(C)N4C(=O)CC4CCOCC4)[nH]3)c3c2CCC3)ccc1C. The number of nitrogens with zero attached hydrogens (tertiary/aromatic N) is 2. The number of aromatic nitrogens is 2. The Morgan fingerprint density at radius 1 is 1.11 bits per heavy atom. The number of benzene rings is 2. The molecular formula is C33H39N3O2. The van der Waals surface area contributed by atoms with E-state index in [1.807, 2.05) is 12.3 Å². The van der Waals surface area contributed by atoms with Crippen LogP contribution in [0.5, 0.6) is 0 Å². The van der Waals surface area contributed by atoms with Crippen molar-refractivity contribution in [2.75, 3.05) is 13.2 Å². The number of H-pyrrole nitrogens is 1. The van der Waals surface area contributed by atoms with Gasteiger partial charge in [-0.15, -0.1) is 0 Å². The van der Waals surface area contributed by atoms with Crippen molar-refractivity contribution in [3.05, 3.63) is 71.2 Å². The molecule has 0 spiro atoms. The van der Waals surface area contributed by atoms with Crippen molar-refractivity contribution >= 4 is 12.0 Å². The van der Waals surface area contributed by atoms with Crippen molar-refractivity contribution in [1.29, 1.82) is 0 Å². The number of likely N-dealkylation sites (tertiary alicyclic amines) is 1. The second kappa shape index (κ2) is 10.5. The van der Waals surface area contributed by atoms with Gasteiger partial charge in [0.2, 0.25) is 5.91 Å². The van der Waals surface area contributed by atoms with Gasteiger partial charge in [-0.3, -0.25) is 4.79 Å². The van der Waals surface area contributed by atoms with Gasteiger partial charge in [0.15, 0.2) is 0 Å². The molecule has 2 fully saturated rings. The monoisotopic (exact) mass is 509 g/mol. The molecule has 0 radical (unpaired) electrons. The summed E-state index contributed by atoms with van der Waals surface area (Å²) in [6.07, 6.45) is 11.9. The van der Waals surface area contributed by atoms with Crippen molar-refractivity contribution in [3.8, 4) is 22.4 Å². The summed E-state index contributed by atoms with van der Waals surface area (Å²) in [6, 6.07) is 11.5. The molecule has 0 saturated carbocycles. The van der Waals surface area contributed by atoms with E-state index in [9.17, 15) is 4.79 Å². The number of imidazole rings is 1. The zero-order valence-electron chi connectivity index (χ0n) is 22.8. The molecule has 1 aliphatic carbocycles. The molecule has 3 aromatic rings. The number of nitrogens with one attached hydrogen (secondary N) is 1. The third-order valence-corrected chi connectivity index (χ3v) is 9.06. The number of carbonyl (C=O) groups excluding carboxylic acids is 1. The Morgan fingerprint density at radius 2 is 1.87 bits per heavy atom. The topological polar surface area (TPSA) is 58.2 Å². The molecule has 2 atom stereocenters. The number of fused-ring (bicyclic) bond motifs is 1. The van der Waals surface area contributed by atoms with Crippen LogP contribution in [0.15, 0.2) is 43.1 Å². The van der Waals surface area contributed by atoms with E-state index in [1.54, 1.807) is 0 Å². The number of hydrogen-bond acceptors (Lipinski definition) is 3. The summed E-state index contributed by atoms with van der Waals surface area (Å²) in [5.41, 5.74) is 10.3. The first-order chi connectivity index (χ1) is 18.5. The van der Waals surface area contributed by atoms with Gasteiger partial charge in [0.25, 0.3) is 0 Å². The third-order valence-electron chi connectivity index (χ3n) is 9.06. The molecule has 198 valence electrons. The largest absolute Gasteiger partial charge is 0.381 e. The van der Waals surface area contributed by atoms with Crippen molar-refractivity contribution in [2.24, 2.45) is 5.92 Å². The number of hydrogen-bond donors (Lipinski definition) is 1. The third kappa shape index (κ3) is 4.62. The van der Waals surface area contributed by atoms with Crippen LogP contribution in [0.1, 0.15) is 79.6 Å². The van der Waals surface area contributed by atoms with E-state index in [1.165, 1.54) is 45.4 Å². The van der Waals surface area contributed by atoms with Crippen molar-refractivity contribution in [1.82, 2.24) is 14.9 Å². The summed E-state index contributed by atoms with van der Waals surface area (Å²) >= 11 is 0. The minimum Gasteiger partial charge on any atom is -0.381 e. The van der Waals surface area contributed by atoms with Gasteiger partial charge in [0.05, 0.1) is 17.9 Å². The number of ether oxygens (including phenoxy) is 1. The van der Waals surface area contributed by atoms with Gasteiger partial charge < -0.3 is 14.6 Å². The first-order valence-electron chi connectivity index (χ1n) is 14.4. The molecule has 0 bridgehead atoms. The Labute approximate surface area is 226 Å². The van der Waals surface area contributed by atoms with E-state index in [-0.39, 0.29) is 18.0 Å². The lowest BCUT2D eigenvalue weighted by molar-refractivity contribution is -0.135. The van der Waals surface area contributed by atoms with Gasteiger partial charge >= 0.3 is 0 Å². The highest BCUT2D eigenvalue weighted by Crippen LogP contribution is 2.41. The summed E-state index contributed by atoms with van der Waals surface area (Å²) < 4.78 is 5.50. The number of aryl methyl sites for hydroxylation is 1. The van der Waals surface area contributed by atoms with E-state index in [4.69, 9.17) is 9.72 Å². The van der Waals surface area contributed by atoms with Crippen LogP contribution in [-0.2, 0) is 22.4 Å². The fourth-order valence-electron chi connectivity index (χ4n) is 6.87. The fourth-order valence-corrected chi connectivity index (χ4v) is 6.87. The molecule has 2 unspecified atom stereocenters. The molecule has 1 N–H and O–H groups in total. The molecule has 2 aromatic carbocycles. The van der Waals surface area contributed by atoms with E-state index in [2.05, 4.69) is 60.6 Å². The van der Waals surface area contributed by atoms with E-state index in [0.29, 0.717) is 12.3 Å². The van der Waals surface area contributed by atoms with Gasteiger partial charge in [-0.25, -0.2) is 4.98 Å². The Kier molecular flexibility index (Phi) is 6.96. The Hall–Kier alpha value is -3.18. The lowest BCUT2D eigenvalue weighted by atomic mass is 9.91. The number of aromatic amines is 1. The van der Waals surface area contributed by atoms with Crippen LogP contribution < -0.4 is 0 Å². The maximum atomic E-state index is 13.4. The van der Waals surface area contributed by atoms with Gasteiger partial charge in [-0.2, -0.15) is 0 Å². The maximum Gasteiger partial charge on any atom is 0.223 e. The second-order valence-electron chi connectivity index (χ2n) is 11.4. The maximum absolute atomic E-state index is 13.4. The quantitative estimate of drug-likeness (QED) is 0.387. The highest BCUT2D eigenvalue weighted by molar-refractivity contribution is 5.79. The summed E-state index contributed by atoms with van der Waals surface area (Å²) in [4.78, 5) is 24.0. The van der Waals surface area contributed by atoms with Crippen LogP contribution >= 0.6 is 0 Å². The van der Waals surface area contributed by atoms with Gasteiger partial charge in [0, 0.05) is 31.2 Å². The molecule has 2 aliphatic heterocycles. The fraction of sp³-hybridized carbons (Fsp3) is 0.455. The number of carbonyl (C=O) groups is 1. The molecule has 3 aliphatic rings. The molecular weight excluding hydrogens is 470 g/mol. The summed E-state index contributed by atoms with van der Waals surface area (Å²) in [5, 5.41) is 0. The van der Waals surface area contributed by atoms with Gasteiger partial charge in [0.1, 0.15) is 5.82 Å². The predicted octanol–water partition coefficient (Wildman–Crippen LogP) is 7.05. The van der Waals surface area contributed by atoms with Crippen LogP contribution in [0.3, 0.4) is 0 Å². The lowest BCUT2D eigenvalue weighted by Crippen LogP contribution is -2.37. The lowest BCUT2D eigenvalue weighted by Gasteiger charge is -2.30. The van der Waals surface area contributed by atoms with Gasteiger partial charge in [-0.05, 0) is 104 Å². The highest BCUT2D eigenvalue weighted by Gasteiger charge is 2.37. The summed E-state index contributed by atoms with van der Waals surface area (Å²) in [7, 11) is 0. The average Bonchev–Trinajstić information content (AvgIpc) is 3.69. The van der Waals surface area contributed by atoms with Crippen molar-refractivity contribution in [3.63, 3.8) is 0 Å². The van der Waals surface area contributed by atoms with Gasteiger partial charge in [-0.1, -0.05) is 36.9 Å². The highest BCUT2D eigenvalue weighted by atomic mass is 16.5. The molecule has 5 heteroatoms. The number of amides is 1. The smallest absolute Gasteiger partial charge is 0.223 e. The first-order valence-corrected chi connectivity index (χ1v) is 14.4. The summed E-state index contributed by atoms with van der Waals surface area (Å²) in [6.45, 7) is 9.87. The molecule has 6 rings (SSSR count). The molecule has 1 aromatic heterocycles. The van der Waals surface area contributed by atoms with Crippen LogP contribution in [0.2, 0.25) is 0 Å². The summed E-state index contributed by atoms with van der Waals surface area (Å²) in [5.74, 6) is 1.63. The van der Waals surface area contributed by atoms with Crippen LogP contribution in [0, 0.1) is 12.8 Å². The van der Waals surface area contributed by atoms with Crippen molar-refractivity contribution < 1.29 is 9.53 Å². The van der Waals surface area contributed by atoms with E-state index in [0.717, 1.165) is 63.3 Å². The Morgan fingerprint density at radius 3 is 2.66 bits per heavy atom. The predicted molar refractivity (Wildman–Crippen MR) is 153 cm³/mol. The van der Waals surface area contributed by atoms with E-state index >= 15 is 0 Å².